The normalized spacial score (nSPS) is 10.2. The van der Waals surface area contributed by atoms with E-state index in [4.69, 9.17) is 4.74 Å². The quantitative estimate of drug-likeness (QED) is 0.595. The Morgan fingerprint density at radius 1 is 1.16 bits per heavy atom. The first-order valence-corrected chi connectivity index (χ1v) is 7.67. The van der Waals surface area contributed by atoms with Gasteiger partial charge in [0.1, 0.15) is 0 Å². The smallest absolute Gasteiger partial charge is 0.310 e. The molecule has 25 heavy (non-hydrogen) atoms. The van der Waals surface area contributed by atoms with Crippen LogP contribution in [0.1, 0.15) is 15.9 Å². The van der Waals surface area contributed by atoms with Crippen molar-refractivity contribution in [2.45, 2.75) is 6.54 Å². The third-order valence-electron chi connectivity index (χ3n) is 3.82. The zero-order chi connectivity index (χ0) is 18.6. The maximum absolute atomic E-state index is 12.6. The highest BCUT2D eigenvalue weighted by Crippen LogP contribution is 2.28. The number of hydrogen-bond acceptors (Lipinski definition) is 5. The fourth-order valence-electron chi connectivity index (χ4n) is 2.46. The minimum Gasteiger partial charge on any atom is -0.490 e. The molecule has 2 rings (SSSR count). The molecular weight excluding hydrogens is 322 g/mol. The highest BCUT2D eigenvalue weighted by molar-refractivity contribution is 5.94. The third kappa shape index (κ3) is 4.26. The molecule has 0 atom stereocenters. The number of hydrogen-bond donors (Lipinski definition) is 0. The number of carbonyl (C=O) groups is 1. The van der Waals surface area contributed by atoms with Crippen LogP contribution in [0.25, 0.3) is 0 Å². The molecule has 0 N–H and O–H groups in total. The predicted octanol–water partition coefficient (Wildman–Crippen LogP) is 2.94. The third-order valence-corrected chi connectivity index (χ3v) is 3.82. The lowest BCUT2D eigenvalue weighted by Crippen LogP contribution is -2.26. The molecule has 0 aliphatic carbocycles. The lowest BCUT2D eigenvalue weighted by atomic mass is 10.1. The summed E-state index contributed by atoms with van der Waals surface area (Å²) in [5.41, 5.74) is 2.22. The minimum absolute atomic E-state index is 0.0684. The Labute approximate surface area is 146 Å². The van der Waals surface area contributed by atoms with Crippen molar-refractivity contribution < 1.29 is 14.5 Å². The SMILES string of the molecule is COc1cc(C(=O)N(C)Cc2cccc(N(C)C)c2)ccc1[N+](=O)[O-]. The first kappa shape index (κ1) is 18.3. The maximum atomic E-state index is 12.6. The van der Waals surface area contributed by atoms with E-state index in [1.165, 1.54) is 25.3 Å². The summed E-state index contributed by atoms with van der Waals surface area (Å²) in [6.45, 7) is 0.430. The van der Waals surface area contributed by atoms with Crippen molar-refractivity contribution >= 4 is 17.3 Å². The Balaban J connectivity index is 2.20. The van der Waals surface area contributed by atoms with Gasteiger partial charge in [0, 0.05) is 51.1 Å². The van der Waals surface area contributed by atoms with Crippen molar-refractivity contribution in [2.24, 2.45) is 0 Å². The van der Waals surface area contributed by atoms with Crippen LogP contribution in [-0.2, 0) is 6.54 Å². The Hall–Kier alpha value is -3.09. The topological polar surface area (TPSA) is 75.9 Å². The van der Waals surface area contributed by atoms with Crippen molar-refractivity contribution in [1.29, 1.82) is 0 Å². The Morgan fingerprint density at radius 3 is 2.48 bits per heavy atom. The summed E-state index contributed by atoms with van der Waals surface area (Å²) in [6.07, 6.45) is 0. The maximum Gasteiger partial charge on any atom is 0.310 e. The van der Waals surface area contributed by atoms with E-state index in [0.717, 1.165) is 11.3 Å². The summed E-state index contributed by atoms with van der Waals surface area (Å²) < 4.78 is 5.02. The Kier molecular flexibility index (Phi) is 5.59. The van der Waals surface area contributed by atoms with Crippen LogP contribution in [0.5, 0.6) is 5.75 Å². The van der Waals surface area contributed by atoms with E-state index in [1.807, 2.05) is 43.3 Å². The van der Waals surface area contributed by atoms with Crippen molar-refractivity contribution in [3.05, 3.63) is 63.7 Å². The van der Waals surface area contributed by atoms with Gasteiger partial charge in [0.25, 0.3) is 5.91 Å². The van der Waals surface area contributed by atoms with E-state index in [2.05, 4.69) is 0 Å². The van der Waals surface area contributed by atoms with Crippen LogP contribution in [0.3, 0.4) is 0 Å². The second-order valence-electron chi connectivity index (χ2n) is 5.87. The molecule has 2 aromatic carbocycles. The molecular formula is C18H21N3O4. The summed E-state index contributed by atoms with van der Waals surface area (Å²) in [7, 11) is 6.94. The number of methoxy groups -OCH3 is 1. The molecule has 7 nitrogen and oxygen atoms in total. The number of nitro groups is 1. The van der Waals surface area contributed by atoms with E-state index < -0.39 is 4.92 Å². The average molecular weight is 343 g/mol. The van der Waals surface area contributed by atoms with Gasteiger partial charge in [-0.25, -0.2) is 0 Å². The fourth-order valence-corrected chi connectivity index (χ4v) is 2.46. The van der Waals surface area contributed by atoms with E-state index in [0.29, 0.717) is 12.1 Å². The van der Waals surface area contributed by atoms with Crippen molar-refractivity contribution in [3.63, 3.8) is 0 Å². The van der Waals surface area contributed by atoms with Crippen LogP contribution in [0.15, 0.2) is 42.5 Å². The van der Waals surface area contributed by atoms with Gasteiger partial charge in [0.05, 0.1) is 12.0 Å². The molecule has 7 heteroatoms. The van der Waals surface area contributed by atoms with Gasteiger partial charge in [0.15, 0.2) is 5.75 Å². The minimum atomic E-state index is -0.538. The number of rotatable bonds is 6. The van der Waals surface area contributed by atoms with Gasteiger partial charge in [-0.3, -0.25) is 14.9 Å². The number of amides is 1. The van der Waals surface area contributed by atoms with Crippen LogP contribution >= 0.6 is 0 Å². The molecule has 1 amide bonds. The Bertz CT molecular complexity index is 790. The van der Waals surface area contributed by atoms with Crippen molar-refractivity contribution in [2.75, 3.05) is 33.2 Å². The van der Waals surface area contributed by atoms with Crippen LogP contribution in [-0.4, -0.2) is 44.0 Å². The van der Waals surface area contributed by atoms with E-state index in [1.54, 1.807) is 11.9 Å². The number of ether oxygens (including phenoxy) is 1. The number of benzene rings is 2. The zero-order valence-corrected chi connectivity index (χ0v) is 14.7. The summed E-state index contributed by atoms with van der Waals surface area (Å²) in [4.78, 5) is 26.6. The van der Waals surface area contributed by atoms with Crippen molar-refractivity contribution in [1.82, 2.24) is 4.90 Å². The number of anilines is 1. The van der Waals surface area contributed by atoms with Crippen LogP contribution in [0.2, 0.25) is 0 Å². The first-order valence-electron chi connectivity index (χ1n) is 7.67. The summed E-state index contributed by atoms with van der Waals surface area (Å²) in [5.74, 6) is -0.165. The molecule has 0 bridgehead atoms. The second-order valence-corrected chi connectivity index (χ2v) is 5.87. The number of nitrogens with zero attached hydrogens (tertiary/aromatic N) is 3. The lowest BCUT2D eigenvalue weighted by molar-refractivity contribution is -0.385. The number of carbonyl (C=O) groups excluding carboxylic acids is 1. The van der Waals surface area contributed by atoms with E-state index in [9.17, 15) is 14.9 Å². The molecule has 2 aromatic rings. The predicted molar refractivity (Wildman–Crippen MR) is 96.2 cm³/mol. The summed E-state index contributed by atoms with van der Waals surface area (Å²) in [6, 6.07) is 12.0. The number of nitro benzene ring substituents is 1. The molecule has 0 fully saturated rings. The molecule has 0 saturated carbocycles. The summed E-state index contributed by atoms with van der Waals surface area (Å²) >= 11 is 0. The van der Waals surface area contributed by atoms with Crippen LogP contribution < -0.4 is 9.64 Å². The van der Waals surface area contributed by atoms with Gasteiger partial charge in [-0.2, -0.15) is 0 Å². The highest BCUT2D eigenvalue weighted by atomic mass is 16.6. The van der Waals surface area contributed by atoms with Crippen LogP contribution in [0.4, 0.5) is 11.4 Å². The van der Waals surface area contributed by atoms with Gasteiger partial charge in [-0.15, -0.1) is 0 Å². The van der Waals surface area contributed by atoms with Gasteiger partial charge in [-0.1, -0.05) is 12.1 Å². The van der Waals surface area contributed by atoms with E-state index in [-0.39, 0.29) is 17.3 Å². The first-order chi connectivity index (χ1) is 11.8. The van der Waals surface area contributed by atoms with Gasteiger partial charge >= 0.3 is 5.69 Å². The zero-order valence-electron chi connectivity index (χ0n) is 14.7. The summed E-state index contributed by atoms with van der Waals surface area (Å²) in [5, 5.41) is 10.9. The Morgan fingerprint density at radius 2 is 1.88 bits per heavy atom. The van der Waals surface area contributed by atoms with Crippen LogP contribution in [0, 0.1) is 10.1 Å². The van der Waals surface area contributed by atoms with Crippen molar-refractivity contribution in [3.8, 4) is 5.75 Å². The molecule has 0 unspecified atom stereocenters. The highest BCUT2D eigenvalue weighted by Gasteiger charge is 2.19. The standard InChI is InChI=1S/C18H21N3O4/c1-19(2)15-7-5-6-13(10-15)12-20(3)18(22)14-8-9-16(21(23)24)17(11-14)25-4/h5-11H,12H2,1-4H3. The molecule has 132 valence electrons. The molecule has 0 aromatic heterocycles. The van der Waals surface area contributed by atoms with E-state index >= 15 is 0 Å². The second kappa shape index (κ2) is 7.65. The molecule has 0 heterocycles. The molecule has 0 aliphatic heterocycles. The van der Waals surface area contributed by atoms with Gasteiger partial charge < -0.3 is 14.5 Å². The molecule has 0 spiro atoms. The van der Waals surface area contributed by atoms with Gasteiger partial charge in [0.2, 0.25) is 0 Å². The average Bonchev–Trinajstić information content (AvgIpc) is 2.60. The van der Waals surface area contributed by atoms with Gasteiger partial charge in [-0.05, 0) is 23.8 Å². The lowest BCUT2D eigenvalue weighted by Gasteiger charge is -2.19. The monoisotopic (exact) mass is 343 g/mol. The largest absolute Gasteiger partial charge is 0.490 e. The molecule has 0 aliphatic rings. The molecule has 0 radical (unpaired) electrons. The molecule has 0 saturated heterocycles. The fraction of sp³-hybridized carbons (Fsp3) is 0.278.